The summed E-state index contributed by atoms with van der Waals surface area (Å²) < 4.78 is 11.9. The number of hydrogen-bond donors (Lipinski definition) is 2. The summed E-state index contributed by atoms with van der Waals surface area (Å²) >= 11 is 0. The Labute approximate surface area is 229 Å². The maximum Gasteiger partial charge on any atom is 0.273 e. The summed E-state index contributed by atoms with van der Waals surface area (Å²) in [5, 5.41) is 18.5. The molecule has 1 aliphatic rings. The Bertz CT molecular complexity index is 1480. The first-order chi connectivity index (χ1) is 18.8. The van der Waals surface area contributed by atoms with Gasteiger partial charge in [-0.15, -0.1) is 0 Å². The van der Waals surface area contributed by atoms with Crippen molar-refractivity contribution in [3.05, 3.63) is 93.7 Å². The third-order valence-corrected chi connectivity index (χ3v) is 7.08. The van der Waals surface area contributed by atoms with Crippen molar-refractivity contribution < 1.29 is 19.4 Å². The number of amides is 1. The van der Waals surface area contributed by atoms with Gasteiger partial charge in [0.2, 0.25) is 0 Å². The number of hydrogen-bond acceptors (Lipinski definition) is 5. The number of aromatic amines is 1. The zero-order chi connectivity index (χ0) is 27.7. The Kier molecular flexibility index (Phi) is 7.33. The van der Waals surface area contributed by atoms with E-state index in [4.69, 9.17) is 9.47 Å². The number of benzene rings is 3. The van der Waals surface area contributed by atoms with Gasteiger partial charge in [0.1, 0.15) is 17.1 Å². The number of carbonyl (C=O) groups excluding carboxylic acids is 1. The lowest BCUT2D eigenvalue weighted by Gasteiger charge is -2.27. The van der Waals surface area contributed by atoms with Crippen LogP contribution < -0.4 is 9.47 Å². The van der Waals surface area contributed by atoms with Gasteiger partial charge in [-0.05, 0) is 74.6 Å². The lowest BCUT2D eigenvalue weighted by Crippen LogP contribution is -2.29. The zero-order valence-corrected chi connectivity index (χ0v) is 23.2. The quantitative estimate of drug-likeness (QED) is 0.256. The van der Waals surface area contributed by atoms with E-state index in [1.54, 1.807) is 6.07 Å². The van der Waals surface area contributed by atoms with Gasteiger partial charge in [0, 0.05) is 17.7 Å². The standard InChI is InChI=1S/C32H35N3O4/c1-6-14-39-25-13-12-23(17-26(25)38-7-2)31-28-29(27-21(5)15-20(4)16-24(27)36)33-34-30(28)32(37)35(31)18-22-10-8-19(3)9-11-22/h8-13,15-17,31,36H,6-7,14,18H2,1-5H3,(H,33,34). The largest absolute Gasteiger partial charge is 0.507 e. The highest BCUT2D eigenvalue weighted by Gasteiger charge is 2.43. The van der Waals surface area contributed by atoms with Crippen LogP contribution in [-0.2, 0) is 6.54 Å². The molecule has 39 heavy (non-hydrogen) atoms. The van der Waals surface area contributed by atoms with Gasteiger partial charge < -0.3 is 19.5 Å². The van der Waals surface area contributed by atoms with Gasteiger partial charge >= 0.3 is 0 Å². The molecule has 2 N–H and O–H groups in total. The number of phenols is 1. The highest BCUT2D eigenvalue weighted by molar-refractivity contribution is 6.00. The molecule has 3 aromatic carbocycles. The van der Waals surface area contributed by atoms with Gasteiger partial charge in [0.25, 0.3) is 5.91 Å². The van der Waals surface area contributed by atoms with Crippen LogP contribution in [0.4, 0.5) is 0 Å². The van der Waals surface area contributed by atoms with Crippen LogP contribution >= 0.6 is 0 Å². The van der Waals surface area contributed by atoms with Crippen LogP contribution in [0.1, 0.15) is 70.2 Å². The number of aryl methyl sites for hydroxylation is 3. The van der Waals surface area contributed by atoms with Gasteiger partial charge in [-0.3, -0.25) is 9.89 Å². The van der Waals surface area contributed by atoms with Gasteiger partial charge in [0.15, 0.2) is 11.5 Å². The molecule has 7 nitrogen and oxygen atoms in total. The average molecular weight is 526 g/mol. The molecule has 1 aromatic heterocycles. The maximum absolute atomic E-state index is 13.9. The number of carbonyl (C=O) groups is 1. The first-order valence-corrected chi connectivity index (χ1v) is 13.5. The smallest absolute Gasteiger partial charge is 0.273 e. The van der Waals surface area contributed by atoms with E-state index >= 15 is 0 Å². The van der Waals surface area contributed by atoms with Gasteiger partial charge in [0.05, 0.1) is 19.3 Å². The van der Waals surface area contributed by atoms with E-state index < -0.39 is 6.04 Å². The van der Waals surface area contributed by atoms with Crippen LogP contribution in [0.25, 0.3) is 11.3 Å². The van der Waals surface area contributed by atoms with Crippen molar-refractivity contribution >= 4 is 5.91 Å². The summed E-state index contributed by atoms with van der Waals surface area (Å²) in [5.74, 6) is 1.32. The summed E-state index contributed by atoms with van der Waals surface area (Å²) in [6.07, 6.45) is 0.885. The second-order valence-electron chi connectivity index (χ2n) is 10.1. The predicted octanol–water partition coefficient (Wildman–Crippen LogP) is 6.64. The maximum atomic E-state index is 13.9. The molecule has 1 amide bonds. The van der Waals surface area contributed by atoms with Gasteiger partial charge in [-0.2, -0.15) is 5.10 Å². The summed E-state index contributed by atoms with van der Waals surface area (Å²) in [4.78, 5) is 15.7. The first-order valence-electron chi connectivity index (χ1n) is 13.5. The molecule has 0 aliphatic carbocycles. The Hall–Kier alpha value is -4.26. The van der Waals surface area contributed by atoms with E-state index in [-0.39, 0.29) is 11.7 Å². The number of fused-ring (bicyclic) bond motifs is 1. The number of rotatable bonds is 9. The molecule has 0 saturated heterocycles. The van der Waals surface area contributed by atoms with Crippen LogP contribution in [0.2, 0.25) is 0 Å². The van der Waals surface area contributed by atoms with Gasteiger partial charge in [-0.1, -0.05) is 48.9 Å². The average Bonchev–Trinajstić information content (AvgIpc) is 3.43. The topological polar surface area (TPSA) is 87.7 Å². The van der Waals surface area contributed by atoms with Crippen molar-refractivity contribution in [1.82, 2.24) is 15.1 Å². The van der Waals surface area contributed by atoms with Gasteiger partial charge in [-0.25, -0.2) is 0 Å². The van der Waals surface area contributed by atoms with Crippen LogP contribution in [0, 0.1) is 20.8 Å². The van der Waals surface area contributed by atoms with E-state index in [1.165, 1.54) is 0 Å². The molecular weight excluding hydrogens is 490 g/mol. The van der Waals surface area contributed by atoms with Crippen molar-refractivity contribution in [2.75, 3.05) is 13.2 Å². The monoisotopic (exact) mass is 525 g/mol. The molecule has 0 bridgehead atoms. The van der Waals surface area contributed by atoms with E-state index in [1.807, 2.05) is 56.9 Å². The Morgan fingerprint density at radius 1 is 0.949 bits per heavy atom. The fourth-order valence-corrected chi connectivity index (χ4v) is 5.33. The number of ether oxygens (including phenoxy) is 2. The van der Waals surface area contributed by atoms with Crippen LogP contribution in [0.3, 0.4) is 0 Å². The SMILES string of the molecule is CCCOc1ccc(C2c3c(-c4c(C)cc(C)cc4O)n[nH]c3C(=O)N2Cc2ccc(C)cc2)cc1OCC. The molecule has 1 aliphatic heterocycles. The number of phenolic OH excluding ortho intramolecular Hbond substituents is 1. The molecule has 0 radical (unpaired) electrons. The number of nitrogens with one attached hydrogen (secondary N) is 1. The highest BCUT2D eigenvalue weighted by atomic mass is 16.5. The molecule has 0 fully saturated rings. The summed E-state index contributed by atoms with van der Waals surface area (Å²) in [6, 6.07) is 17.4. The van der Waals surface area contributed by atoms with Crippen molar-refractivity contribution in [3.63, 3.8) is 0 Å². The molecule has 5 rings (SSSR count). The molecule has 1 unspecified atom stereocenters. The summed E-state index contributed by atoms with van der Waals surface area (Å²) in [6.45, 7) is 11.4. The second kappa shape index (κ2) is 10.8. The minimum absolute atomic E-state index is 0.136. The number of nitrogens with zero attached hydrogens (tertiary/aromatic N) is 2. The molecule has 202 valence electrons. The summed E-state index contributed by atoms with van der Waals surface area (Å²) in [7, 11) is 0. The lowest BCUT2D eigenvalue weighted by molar-refractivity contribution is 0.0729. The van der Waals surface area contributed by atoms with E-state index in [2.05, 4.69) is 41.4 Å². The summed E-state index contributed by atoms with van der Waals surface area (Å²) in [5.41, 5.74) is 7.31. The van der Waals surface area contributed by atoms with Crippen LogP contribution in [0.5, 0.6) is 17.2 Å². The van der Waals surface area contributed by atoms with E-state index in [9.17, 15) is 9.90 Å². The van der Waals surface area contributed by atoms with Crippen molar-refractivity contribution in [2.45, 2.75) is 53.6 Å². The highest BCUT2D eigenvalue weighted by Crippen LogP contribution is 2.47. The fraction of sp³-hybridized carbons (Fsp3) is 0.312. The third kappa shape index (κ3) is 4.97. The lowest BCUT2D eigenvalue weighted by atomic mass is 9.92. The zero-order valence-electron chi connectivity index (χ0n) is 23.2. The van der Waals surface area contributed by atoms with Crippen LogP contribution in [0.15, 0.2) is 54.6 Å². The molecule has 7 heteroatoms. The molecular formula is C32H35N3O4. The van der Waals surface area contributed by atoms with E-state index in [0.29, 0.717) is 48.2 Å². The molecule has 0 saturated carbocycles. The molecule has 1 atom stereocenters. The Balaban J connectivity index is 1.67. The Morgan fingerprint density at radius 3 is 2.41 bits per heavy atom. The van der Waals surface area contributed by atoms with E-state index in [0.717, 1.165) is 39.8 Å². The molecule has 0 spiro atoms. The molecule has 2 heterocycles. The predicted molar refractivity (Wildman–Crippen MR) is 151 cm³/mol. The first kappa shape index (κ1) is 26.4. The fourth-order valence-electron chi connectivity index (χ4n) is 5.33. The molecule has 4 aromatic rings. The normalized spacial score (nSPS) is 14.5. The van der Waals surface area contributed by atoms with Crippen molar-refractivity contribution in [3.8, 4) is 28.5 Å². The third-order valence-electron chi connectivity index (χ3n) is 7.08. The van der Waals surface area contributed by atoms with Crippen LogP contribution in [-0.4, -0.2) is 39.3 Å². The number of aromatic nitrogens is 2. The van der Waals surface area contributed by atoms with Crippen molar-refractivity contribution in [2.24, 2.45) is 0 Å². The number of aromatic hydroxyl groups is 1. The second-order valence-corrected chi connectivity index (χ2v) is 10.1. The minimum Gasteiger partial charge on any atom is -0.507 e. The van der Waals surface area contributed by atoms with Crippen molar-refractivity contribution in [1.29, 1.82) is 0 Å². The number of H-pyrrole nitrogens is 1. The minimum atomic E-state index is -0.443. The Morgan fingerprint density at radius 2 is 1.72 bits per heavy atom.